The van der Waals surface area contributed by atoms with Crippen LogP contribution in [0.15, 0.2) is 61.3 Å². The molecule has 1 N–H and O–H groups in total. The smallest absolute Gasteiger partial charge is 0.341 e. The van der Waals surface area contributed by atoms with Gasteiger partial charge < -0.3 is 19.5 Å². The summed E-state index contributed by atoms with van der Waals surface area (Å²) >= 11 is 0. The summed E-state index contributed by atoms with van der Waals surface area (Å²) in [5.74, 6) is 0.604. The number of ether oxygens (including phenoxy) is 3. The minimum absolute atomic E-state index is 0.0622. The van der Waals surface area contributed by atoms with Crippen LogP contribution < -0.4 is 10.1 Å². The van der Waals surface area contributed by atoms with Crippen LogP contribution in [0.2, 0.25) is 0 Å². The Morgan fingerprint density at radius 1 is 1.06 bits per heavy atom. The first-order chi connectivity index (χ1) is 16.3. The van der Waals surface area contributed by atoms with E-state index in [9.17, 15) is 0 Å². The first-order valence-corrected chi connectivity index (χ1v) is 10.6. The zero-order chi connectivity index (χ0) is 22.0. The Morgan fingerprint density at radius 3 is 2.79 bits per heavy atom. The van der Waals surface area contributed by atoms with Gasteiger partial charge in [-0.25, -0.2) is 9.67 Å². The number of benzene rings is 1. The predicted octanol–water partition coefficient (Wildman–Crippen LogP) is 0.938. The molecule has 2 aliphatic heterocycles. The van der Waals surface area contributed by atoms with E-state index in [0.29, 0.717) is 25.5 Å². The molecule has 0 amide bonds. The van der Waals surface area contributed by atoms with Crippen molar-refractivity contribution in [2.75, 3.05) is 13.2 Å². The second-order valence-electron chi connectivity index (χ2n) is 7.81. The summed E-state index contributed by atoms with van der Waals surface area (Å²) < 4.78 is 21.4. The van der Waals surface area contributed by atoms with Gasteiger partial charge in [-0.3, -0.25) is 4.98 Å². The van der Waals surface area contributed by atoms with Crippen LogP contribution in [0.25, 0.3) is 5.69 Å². The minimum atomic E-state index is -0.184. The first-order valence-electron chi connectivity index (χ1n) is 10.6. The van der Waals surface area contributed by atoms with Crippen LogP contribution in [-0.2, 0) is 16.0 Å². The number of nitrogens with zero attached hydrogens (tertiary/aromatic N) is 8. The summed E-state index contributed by atoms with van der Waals surface area (Å²) in [5, 5.41) is 19.6. The Labute approximate surface area is 188 Å². The van der Waals surface area contributed by atoms with Crippen molar-refractivity contribution in [1.82, 2.24) is 45.3 Å². The van der Waals surface area contributed by atoms with E-state index in [-0.39, 0.29) is 30.3 Å². The van der Waals surface area contributed by atoms with E-state index in [2.05, 4.69) is 35.9 Å². The molecule has 12 nitrogen and oxygen atoms in total. The van der Waals surface area contributed by atoms with E-state index < -0.39 is 0 Å². The topological polar surface area (TPSA) is 127 Å². The third-order valence-corrected chi connectivity index (χ3v) is 5.80. The monoisotopic (exact) mass is 447 g/mol. The SMILES string of the molecule is c1ccc(CN[C@H]2CO[C@H]3[C@@H]2OC[C@@H]3n2nnnc2Oc2ccc(-n3cncn3)cc2)nc1. The van der Waals surface area contributed by atoms with Crippen molar-refractivity contribution in [2.45, 2.75) is 30.8 Å². The van der Waals surface area contributed by atoms with Crippen LogP contribution in [0.5, 0.6) is 11.8 Å². The molecule has 6 rings (SSSR count). The fourth-order valence-corrected chi connectivity index (χ4v) is 4.18. The Hall–Kier alpha value is -3.74. The van der Waals surface area contributed by atoms with Crippen LogP contribution >= 0.6 is 0 Å². The van der Waals surface area contributed by atoms with Crippen LogP contribution in [0.1, 0.15) is 11.7 Å². The highest BCUT2D eigenvalue weighted by molar-refractivity contribution is 5.37. The van der Waals surface area contributed by atoms with Gasteiger partial charge >= 0.3 is 6.01 Å². The van der Waals surface area contributed by atoms with E-state index >= 15 is 0 Å². The van der Waals surface area contributed by atoms with E-state index in [1.807, 2.05) is 42.5 Å². The summed E-state index contributed by atoms with van der Waals surface area (Å²) in [6.45, 7) is 1.63. The molecule has 0 bridgehead atoms. The molecule has 3 aromatic heterocycles. The maximum absolute atomic E-state index is 6.08. The van der Waals surface area contributed by atoms with Crippen LogP contribution in [-0.4, -0.2) is 71.4 Å². The molecule has 2 saturated heterocycles. The van der Waals surface area contributed by atoms with E-state index in [4.69, 9.17) is 14.2 Å². The summed E-state index contributed by atoms with van der Waals surface area (Å²) in [4.78, 5) is 8.31. The molecule has 0 spiro atoms. The number of aromatic nitrogens is 8. The molecule has 4 atom stereocenters. The van der Waals surface area contributed by atoms with Gasteiger partial charge in [0.2, 0.25) is 0 Å². The lowest BCUT2D eigenvalue weighted by Crippen LogP contribution is -2.40. The highest BCUT2D eigenvalue weighted by Crippen LogP contribution is 2.36. The number of tetrazole rings is 1. The van der Waals surface area contributed by atoms with Gasteiger partial charge in [0, 0.05) is 12.7 Å². The van der Waals surface area contributed by atoms with Gasteiger partial charge in [0.15, 0.2) is 0 Å². The van der Waals surface area contributed by atoms with Gasteiger partial charge in [0.1, 0.15) is 36.7 Å². The van der Waals surface area contributed by atoms with Crippen LogP contribution in [0.3, 0.4) is 0 Å². The normalized spacial score (nSPS) is 24.1. The second kappa shape index (κ2) is 8.65. The predicted molar refractivity (Wildman–Crippen MR) is 113 cm³/mol. The Bertz CT molecular complexity index is 1180. The Morgan fingerprint density at radius 2 is 1.97 bits per heavy atom. The van der Waals surface area contributed by atoms with Crippen molar-refractivity contribution in [1.29, 1.82) is 0 Å². The van der Waals surface area contributed by atoms with Crippen molar-refractivity contribution >= 4 is 0 Å². The third-order valence-electron chi connectivity index (χ3n) is 5.80. The molecular formula is C21H21N9O3. The Balaban J connectivity index is 1.12. The molecule has 4 aromatic rings. The van der Waals surface area contributed by atoms with Crippen molar-refractivity contribution < 1.29 is 14.2 Å². The molecular weight excluding hydrogens is 426 g/mol. The summed E-state index contributed by atoms with van der Waals surface area (Å²) in [7, 11) is 0. The molecule has 168 valence electrons. The van der Waals surface area contributed by atoms with Crippen molar-refractivity contribution in [3.05, 3.63) is 67.0 Å². The summed E-state index contributed by atoms with van der Waals surface area (Å²) in [6.07, 6.45) is 4.63. The van der Waals surface area contributed by atoms with Gasteiger partial charge in [0.05, 0.1) is 30.6 Å². The fraction of sp³-hybridized carbons (Fsp3) is 0.333. The van der Waals surface area contributed by atoms with Gasteiger partial charge in [-0.1, -0.05) is 11.2 Å². The first kappa shape index (κ1) is 19.9. The van der Waals surface area contributed by atoms with Crippen molar-refractivity contribution in [3.63, 3.8) is 0 Å². The zero-order valence-corrected chi connectivity index (χ0v) is 17.5. The molecule has 33 heavy (non-hydrogen) atoms. The molecule has 1 aromatic carbocycles. The highest BCUT2D eigenvalue weighted by atomic mass is 16.6. The standard InChI is InChI=1S/C21H21N9O3/c1-2-8-23-14(3-1)9-24-17-10-31-20-18(11-32-19(17)20)30-21(26-27-28-30)33-16-6-4-15(5-7-16)29-13-22-12-25-29/h1-8,12-13,17-20,24H,9-11H2/t17-,18-,19+,20+/m0/s1. The Kier molecular flexibility index (Phi) is 5.22. The van der Waals surface area contributed by atoms with Crippen molar-refractivity contribution in [2.24, 2.45) is 0 Å². The van der Waals surface area contributed by atoms with Crippen LogP contribution in [0, 0.1) is 0 Å². The number of hydrogen-bond donors (Lipinski definition) is 1. The number of nitrogens with one attached hydrogen (secondary N) is 1. The maximum atomic E-state index is 6.08. The molecule has 0 radical (unpaired) electrons. The van der Waals surface area contributed by atoms with Gasteiger partial charge in [-0.2, -0.15) is 9.78 Å². The van der Waals surface area contributed by atoms with E-state index in [1.165, 1.54) is 6.33 Å². The van der Waals surface area contributed by atoms with Crippen molar-refractivity contribution in [3.8, 4) is 17.4 Å². The maximum Gasteiger partial charge on any atom is 0.341 e. The number of rotatable bonds is 7. The van der Waals surface area contributed by atoms with Gasteiger partial charge in [0.25, 0.3) is 0 Å². The highest BCUT2D eigenvalue weighted by Gasteiger charge is 2.49. The third kappa shape index (κ3) is 3.95. The molecule has 0 unspecified atom stereocenters. The number of fused-ring (bicyclic) bond motifs is 1. The average molecular weight is 447 g/mol. The van der Waals surface area contributed by atoms with E-state index in [1.54, 1.807) is 21.9 Å². The molecule has 0 saturated carbocycles. The molecule has 2 fully saturated rings. The largest absolute Gasteiger partial charge is 0.423 e. The summed E-state index contributed by atoms with van der Waals surface area (Å²) in [5.41, 5.74) is 1.84. The molecule has 12 heteroatoms. The lowest BCUT2D eigenvalue weighted by molar-refractivity contribution is 0.0611. The minimum Gasteiger partial charge on any atom is -0.423 e. The van der Waals surface area contributed by atoms with E-state index in [0.717, 1.165) is 11.4 Å². The summed E-state index contributed by atoms with van der Waals surface area (Å²) in [6, 6.07) is 13.4. The lowest BCUT2D eigenvalue weighted by Gasteiger charge is -2.18. The van der Waals surface area contributed by atoms with Gasteiger partial charge in [-0.15, -0.1) is 0 Å². The lowest BCUT2D eigenvalue weighted by atomic mass is 10.1. The molecule has 0 aliphatic carbocycles. The molecule has 2 aliphatic rings. The second-order valence-corrected chi connectivity index (χ2v) is 7.81. The average Bonchev–Trinajstić information content (AvgIpc) is 3.64. The number of pyridine rings is 1. The quantitative estimate of drug-likeness (QED) is 0.437. The van der Waals surface area contributed by atoms with Gasteiger partial charge in [-0.05, 0) is 46.8 Å². The van der Waals surface area contributed by atoms with Crippen LogP contribution in [0.4, 0.5) is 0 Å². The zero-order valence-electron chi connectivity index (χ0n) is 17.5. The fourth-order valence-electron chi connectivity index (χ4n) is 4.18. The molecule has 5 heterocycles. The number of hydrogen-bond acceptors (Lipinski definition) is 10.